The van der Waals surface area contributed by atoms with Gasteiger partial charge in [-0.15, -0.1) is 0 Å². The van der Waals surface area contributed by atoms with Crippen LogP contribution in [0, 0.1) is 23.7 Å². The van der Waals surface area contributed by atoms with Crippen LogP contribution in [0.3, 0.4) is 0 Å². The number of aromatic hydroxyl groups is 1. The topological polar surface area (TPSA) is 53.0 Å². The molecule has 35 heavy (non-hydrogen) atoms. The fraction of sp³-hybridized carbons (Fsp3) is 0.500. The van der Waals surface area contributed by atoms with E-state index in [0.29, 0.717) is 30.2 Å². The first-order valence-electron chi connectivity index (χ1n) is 13.0. The lowest BCUT2D eigenvalue weighted by atomic mass is 9.51. The lowest BCUT2D eigenvalue weighted by Gasteiger charge is -2.60. The molecule has 4 aliphatic rings. The smallest absolute Gasteiger partial charge is 0.299 e. The third-order valence-corrected chi connectivity index (χ3v) is 8.89. The van der Waals surface area contributed by atoms with Crippen LogP contribution in [0.4, 0.5) is 0 Å². The second kappa shape index (κ2) is 8.31. The lowest BCUT2D eigenvalue weighted by Crippen LogP contribution is -2.68. The van der Waals surface area contributed by atoms with Crippen molar-refractivity contribution in [1.82, 2.24) is 9.80 Å². The first kappa shape index (κ1) is 22.5. The normalized spacial score (nSPS) is 30.2. The second-order valence-corrected chi connectivity index (χ2v) is 11.2. The number of rotatable bonds is 3. The van der Waals surface area contributed by atoms with Crippen molar-refractivity contribution in [3.8, 4) is 23.3 Å². The van der Waals surface area contributed by atoms with Crippen LogP contribution in [-0.4, -0.2) is 59.1 Å². The van der Waals surface area contributed by atoms with Gasteiger partial charge in [-0.1, -0.05) is 38.0 Å². The van der Waals surface area contributed by atoms with Crippen molar-refractivity contribution in [3.05, 3.63) is 59.2 Å². The van der Waals surface area contributed by atoms with Crippen LogP contribution in [0.1, 0.15) is 49.8 Å². The third kappa shape index (κ3) is 3.37. The number of piperidine rings is 1. The molecule has 1 saturated heterocycles. The van der Waals surface area contributed by atoms with Gasteiger partial charge in [0.05, 0.1) is 6.04 Å². The van der Waals surface area contributed by atoms with Gasteiger partial charge in [-0.2, -0.15) is 0 Å². The van der Waals surface area contributed by atoms with Crippen LogP contribution in [0.5, 0.6) is 11.5 Å². The van der Waals surface area contributed by atoms with E-state index in [1.54, 1.807) is 6.07 Å². The molecule has 0 unspecified atom stereocenters. The van der Waals surface area contributed by atoms with Crippen LogP contribution in [0.15, 0.2) is 42.5 Å². The molecule has 1 N–H and O–H groups in total. The van der Waals surface area contributed by atoms with Crippen LogP contribution in [0.25, 0.3) is 0 Å². The van der Waals surface area contributed by atoms with E-state index in [9.17, 15) is 9.90 Å². The molecular weight excluding hydrogens is 436 g/mol. The minimum Gasteiger partial charge on any atom is -0.508 e. The fourth-order valence-corrected chi connectivity index (χ4v) is 7.52. The predicted octanol–water partition coefficient (Wildman–Crippen LogP) is 3.97. The van der Waals surface area contributed by atoms with Crippen molar-refractivity contribution in [1.29, 1.82) is 0 Å². The minimum absolute atomic E-state index is 0.0317. The van der Waals surface area contributed by atoms with Gasteiger partial charge in [0.2, 0.25) is 0 Å². The van der Waals surface area contributed by atoms with E-state index in [4.69, 9.17) is 4.74 Å². The Balaban J connectivity index is 1.41. The highest BCUT2D eigenvalue weighted by atomic mass is 16.5. The molecule has 5 nitrogen and oxygen atoms in total. The fourth-order valence-electron chi connectivity index (χ4n) is 7.52. The molecular formula is C30H34N2O3. The molecule has 0 aromatic heterocycles. The molecule has 2 aliphatic heterocycles. The van der Waals surface area contributed by atoms with Gasteiger partial charge < -0.3 is 19.6 Å². The number of phenolic OH excluding ortho intramolecular Hbond substituents is 1. The Kier molecular flexibility index (Phi) is 5.34. The molecule has 2 aromatic carbocycles. The summed E-state index contributed by atoms with van der Waals surface area (Å²) in [5, 5.41) is 10.8. The highest BCUT2D eigenvalue weighted by molar-refractivity contribution is 5.94. The number of phenols is 1. The molecule has 5 atom stereocenters. The zero-order chi connectivity index (χ0) is 24.3. The standard InChI is InChI=1S/C30H34N2O3/c1-19(2)18-32(27(34)14-9-20-7-5-4-6-8-20)23-11-10-22-24-17-21-25(33)12-13-26-28(21)30(22,29(23)35-26)15-16-31(24)3/h4-8,12-13,19,22-24,29,33H,10-11,15-18H2,1-3H3/t22-,23-,24+,29-,30-/m0/s1. The van der Waals surface area contributed by atoms with Gasteiger partial charge in [-0.05, 0) is 75.4 Å². The van der Waals surface area contributed by atoms with E-state index < -0.39 is 0 Å². The number of carbonyl (C=O) groups excluding carboxylic acids is 1. The van der Waals surface area contributed by atoms with Crippen molar-refractivity contribution >= 4 is 5.91 Å². The quantitative estimate of drug-likeness (QED) is 0.690. The molecule has 1 spiro atoms. The molecule has 2 fully saturated rings. The van der Waals surface area contributed by atoms with Crippen molar-refractivity contribution in [2.24, 2.45) is 11.8 Å². The number of nitrogens with zero attached hydrogens (tertiary/aromatic N) is 2. The number of likely N-dealkylation sites (N-methyl/N-ethyl adjacent to an activating group) is 1. The summed E-state index contributed by atoms with van der Waals surface area (Å²) in [6.07, 6.45) is 3.74. The van der Waals surface area contributed by atoms with E-state index in [-0.39, 0.29) is 23.5 Å². The molecule has 2 aliphatic carbocycles. The van der Waals surface area contributed by atoms with Gasteiger partial charge in [0, 0.05) is 40.6 Å². The average molecular weight is 471 g/mol. The summed E-state index contributed by atoms with van der Waals surface area (Å²) >= 11 is 0. The summed E-state index contributed by atoms with van der Waals surface area (Å²) in [7, 11) is 2.22. The number of benzene rings is 2. The Morgan fingerprint density at radius 1 is 1.23 bits per heavy atom. The summed E-state index contributed by atoms with van der Waals surface area (Å²) in [4.78, 5) is 18.1. The Morgan fingerprint density at radius 3 is 2.80 bits per heavy atom. The molecule has 0 radical (unpaired) electrons. The monoisotopic (exact) mass is 470 g/mol. The largest absolute Gasteiger partial charge is 0.508 e. The Hall–Kier alpha value is -2.97. The first-order valence-corrected chi connectivity index (χ1v) is 13.0. The Bertz CT molecular complexity index is 1210. The number of hydrogen-bond donors (Lipinski definition) is 1. The molecule has 2 heterocycles. The molecule has 1 saturated carbocycles. The van der Waals surface area contributed by atoms with Gasteiger partial charge in [-0.3, -0.25) is 4.79 Å². The van der Waals surface area contributed by atoms with Crippen LogP contribution in [0.2, 0.25) is 0 Å². The van der Waals surface area contributed by atoms with Crippen LogP contribution in [-0.2, 0) is 16.6 Å². The summed E-state index contributed by atoms with van der Waals surface area (Å²) in [6.45, 7) is 5.97. The van der Waals surface area contributed by atoms with Crippen molar-refractivity contribution in [3.63, 3.8) is 0 Å². The van der Waals surface area contributed by atoms with Gasteiger partial charge in [0.15, 0.2) is 0 Å². The molecule has 6 rings (SSSR count). The van der Waals surface area contributed by atoms with Crippen molar-refractivity contribution < 1.29 is 14.6 Å². The Morgan fingerprint density at radius 2 is 2.03 bits per heavy atom. The summed E-state index contributed by atoms with van der Waals surface area (Å²) in [6, 6.07) is 13.8. The molecule has 5 heteroatoms. The zero-order valence-electron chi connectivity index (χ0n) is 20.8. The van der Waals surface area contributed by atoms with Gasteiger partial charge in [-0.25, -0.2) is 0 Å². The van der Waals surface area contributed by atoms with Crippen LogP contribution < -0.4 is 4.74 Å². The molecule has 182 valence electrons. The van der Waals surface area contributed by atoms with Crippen molar-refractivity contribution in [2.45, 2.75) is 63.1 Å². The van der Waals surface area contributed by atoms with Crippen LogP contribution >= 0.6 is 0 Å². The highest BCUT2D eigenvalue weighted by Gasteiger charge is 2.66. The zero-order valence-corrected chi connectivity index (χ0v) is 20.8. The number of hydrogen-bond acceptors (Lipinski definition) is 4. The SMILES string of the molecule is CC(C)CN(C(=O)C#Cc1ccccc1)[C@H]1CC[C@H]2[C@H]3Cc4c(O)ccc5c4[C@@]2(CCN3C)[C@H]1O5. The third-order valence-electron chi connectivity index (χ3n) is 8.89. The summed E-state index contributed by atoms with van der Waals surface area (Å²) in [5.41, 5.74) is 2.99. The van der Waals surface area contributed by atoms with Gasteiger partial charge in [0.25, 0.3) is 5.91 Å². The first-order chi connectivity index (χ1) is 16.9. The second-order valence-electron chi connectivity index (χ2n) is 11.2. The predicted molar refractivity (Wildman–Crippen MR) is 135 cm³/mol. The lowest BCUT2D eigenvalue weighted by molar-refractivity contribution is -0.137. The molecule has 2 bridgehead atoms. The number of carbonyl (C=O) groups is 1. The van der Waals surface area contributed by atoms with Gasteiger partial charge in [0.1, 0.15) is 17.6 Å². The summed E-state index contributed by atoms with van der Waals surface area (Å²) < 4.78 is 6.79. The van der Waals surface area contributed by atoms with E-state index in [1.807, 2.05) is 41.3 Å². The molecule has 1 amide bonds. The van der Waals surface area contributed by atoms with E-state index >= 15 is 0 Å². The Labute approximate surface area is 208 Å². The maximum Gasteiger partial charge on any atom is 0.299 e. The molecule has 2 aromatic rings. The maximum atomic E-state index is 13.6. The minimum atomic E-state index is -0.149. The van der Waals surface area contributed by atoms with Crippen molar-refractivity contribution in [2.75, 3.05) is 20.1 Å². The average Bonchev–Trinajstić information content (AvgIpc) is 3.19. The van der Waals surface area contributed by atoms with Gasteiger partial charge >= 0.3 is 0 Å². The van der Waals surface area contributed by atoms with E-state index in [0.717, 1.165) is 49.1 Å². The van der Waals surface area contributed by atoms with E-state index in [1.165, 1.54) is 5.56 Å². The number of ether oxygens (including phenoxy) is 1. The number of amides is 1. The summed E-state index contributed by atoms with van der Waals surface area (Å²) in [5.74, 6) is 8.00. The van der Waals surface area contributed by atoms with E-state index in [2.05, 4.69) is 37.6 Å². The number of likely N-dealkylation sites (tertiary alicyclic amines) is 1. The highest BCUT2D eigenvalue weighted by Crippen LogP contribution is 2.63. The maximum absolute atomic E-state index is 13.6.